The monoisotopic (exact) mass is 252 g/mol. The van der Waals surface area contributed by atoms with Crippen LogP contribution in [0.25, 0.3) is 0 Å². The highest BCUT2D eigenvalue weighted by atomic mass is 19.1. The van der Waals surface area contributed by atoms with Crippen molar-refractivity contribution in [3.8, 4) is 0 Å². The van der Waals surface area contributed by atoms with Crippen LogP contribution in [0.1, 0.15) is 0 Å². The predicted octanol–water partition coefficient (Wildman–Crippen LogP) is 1.14. The Labute approximate surface area is 97.6 Å². The molecule has 1 aliphatic rings. The second kappa shape index (κ2) is 3.42. The maximum atomic E-state index is 13.5. The number of fused-ring (bicyclic) bond motifs is 2. The Kier molecular flexibility index (Phi) is 2.00. The number of benzene rings is 1. The molecule has 0 bridgehead atoms. The van der Waals surface area contributed by atoms with Gasteiger partial charge in [0.2, 0.25) is 0 Å². The van der Waals surface area contributed by atoms with Crippen LogP contribution in [0.15, 0.2) is 21.7 Å². The fourth-order valence-electron chi connectivity index (χ4n) is 1.76. The summed E-state index contributed by atoms with van der Waals surface area (Å²) in [6.07, 6.45) is 0. The van der Waals surface area contributed by atoms with E-state index < -0.39 is 22.8 Å². The first kappa shape index (κ1) is 10.5. The van der Waals surface area contributed by atoms with Crippen LogP contribution in [0.2, 0.25) is 0 Å². The van der Waals surface area contributed by atoms with E-state index in [1.807, 2.05) is 0 Å². The Bertz CT molecular complexity index is 765. The number of halogens is 2. The van der Waals surface area contributed by atoms with E-state index in [0.29, 0.717) is 6.07 Å². The van der Waals surface area contributed by atoms with E-state index >= 15 is 0 Å². The highest BCUT2D eigenvalue weighted by molar-refractivity contribution is 5.89. The Morgan fingerprint density at radius 1 is 0.833 bits per heavy atom. The van der Waals surface area contributed by atoms with Crippen molar-refractivity contribution < 1.29 is 8.78 Å². The number of aromatic amines is 2. The van der Waals surface area contributed by atoms with E-state index in [4.69, 9.17) is 0 Å². The van der Waals surface area contributed by atoms with Crippen molar-refractivity contribution in [3.05, 3.63) is 44.5 Å². The molecule has 2 aromatic rings. The summed E-state index contributed by atoms with van der Waals surface area (Å²) in [6, 6.07) is 1.70. The molecule has 0 spiro atoms. The number of hydrogen-bond acceptors (Lipinski definition) is 4. The lowest BCUT2D eigenvalue weighted by molar-refractivity contribution is 0.586. The van der Waals surface area contributed by atoms with E-state index in [1.165, 1.54) is 0 Å². The van der Waals surface area contributed by atoms with Crippen LogP contribution < -0.4 is 21.8 Å². The van der Waals surface area contributed by atoms with E-state index in [9.17, 15) is 18.4 Å². The van der Waals surface area contributed by atoms with Crippen molar-refractivity contribution in [1.82, 2.24) is 10.2 Å². The first-order valence-corrected chi connectivity index (χ1v) is 4.94. The van der Waals surface area contributed by atoms with E-state index in [2.05, 4.69) is 20.8 Å². The molecule has 0 amide bonds. The van der Waals surface area contributed by atoms with Gasteiger partial charge in [0, 0.05) is 6.07 Å². The molecule has 0 aliphatic carbocycles. The summed E-state index contributed by atoms with van der Waals surface area (Å²) in [5.41, 5.74) is -1.46. The second-order valence-corrected chi connectivity index (χ2v) is 3.72. The van der Waals surface area contributed by atoms with Gasteiger partial charge in [0.15, 0.2) is 5.82 Å². The molecule has 2 heterocycles. The van der Waals surface area contributed by atoms with Gasteiger partial charge in [-0.15, -0.1) is 0 Å². The quantitative estimate of drug-likeness (QED) is 0.483. The molecule has 0 unspecified atom stereocenters. The summed E-state index contributed by atoms with van der Waals surface area (Å²) in [5.74, 6) is -1.65. The summed E-state index contributed by atoms with van der Waals surface area (Å²) >= 11 is 0. The van der Waals surface area contributed by atoms with Gasteiger partial charge in [0.05, 0.1) is 11.4 Å². The van der Waals surface area contributed by atoms with Crippen LogP contribution >= 0.6 is 0 Å². The number of nitrogens with one attached hydrogen (secondary N) is 4. The Hall–Kier alpha value is -2.64. The van der Waals surface area contributed by atoms with Crippen LogP contribution in [0.4, 0.5) is 31.5 Å². The Morgan fingerprint density at radius 3 is 2.11 bits per heavy atom. The molecule has 6 nitrogen and oxygen atoms in total. The molecule has 0 fully saturated rings. The zero-order chi connectivity index (χ0) is 12.9. The highest BCUT2D eigenvalue weighted by Crippen LogP contribution is 2.36. The summed E-state index contributed by atoms with van der Waals surface area (Å²) in [5, 5.41) is 9.20. The lowest BCUT2D eigenvalue weighted by Gasteiger charge is -2.21. The first-order valence-electron chi connectivity index (χ1n) is 4.94. The molecule has 8 heteroatoms. The third-order valence-electron chi connectivity index (χ3n) is 2.56. The van der Waals surface area contributed by atoms with Gasteiger partial charge in [-0.2, -0.15) is 0 Å². The van der Waals surface area contributed by atoms with Gasteiger partial charge in [-0.05, 0) is 6.07 Å². The lowest BCUT2D eigenvalue weighted by Crippen LogP contribution is -2.27. The van der Waals surface area contributed by atoms with E-state index in [0.717, 1.165) is 6.07 Å². The van der Waals surface area contributed by atoms with Gasteiger partial charge < -0.3 is 10.6 Å². The molecule has 3 rings (SSSR count). The first-order chi connectivity index (χ1) is 8.56. The summed E-state index contributed by atoms with van der Waals surface area (Å²) in [4.78, 5) is 23.0. The number of H-pyrrole nitrogens is 2. The molecule has 1 aromatic carbocycles. The summed E-state index contributed by atoms with van der Waals surface area (Å²) < 4.78 is 26.6. The molecule has 92 valence electrons. The fourth-order valence-corrected chi connectivity index (χ4v) is 1.76. The number of rotatable bonds is 0. The van der Waals surface area contributed by atoms with Crippen LogP contribution in [0.3, 0.4) is 0 Å². The molecule has 0 radical (unpaired) electrons. The molecule has 0 atom stereocenters. The second-order valence-electron chi connectivity index (χ2n) is 3.72. The number of hydrogen-bond donors (Lipinski definition) is 4. The Balaban J connectivity index is 2.27. The molecule has 1 aromatic heterocycles. The van der Waals surface area contributed by atoms with Gasteiger partial charge in [-0.25, -0.2) is 8.78 Å². The van der Waals surface area contributed by atoms with Crippen molar-refractivity contribution in [2.45, 2.75) is 0 Å². The number of aromatic nitrogens is 2. The van der Waals surface area contributed by atoms with Gasteiger partial charge >= 0.3 is 0 Å². The van der Waals surface area contributed by atoms with Crippen LogP contribution in [0.5, 0.6) is 0 Å². The van der Waals surface area contributed by atoms with Crippen LogP contribution in [-0.4, -0.2) is 10.2 Å². The van der Waals surface area contributed by atoms with Crippen molar-refractivity contribution in [3.63, 3.8) is 0 Å². The standard InChI is InChI=1S/C10H6F2N4O2/c11-3-1-4(12)6-5(2-3)13-7-8(14-6)10(18)16-15-9(7)17/h1-2,13-14H,(H,15,17)(H,16,18). The van der Waals surface area contributed by atoms with Crippen molar-refractivity contribution in [1.29, 1.82) is 0 Å². The van der Waals surface area contributed by atoms with Crippen LogP contribution in [0, 0.1) is 11.6 Å². The minimum atomic E-state index is -0.858. The maximum Gasteiger partial charge on any atom is 0.288 e. The molecule has 18 heavy (non-hydrogen) atoms. The molecule has 0 saturated carbocycles. The molecular formula is C10H6F2N4O2. The van der Waals surface area contributed by atoms with Gasteiger partial charge in [-0.1, -0.05) is 0 Å². The average Bonchev–Trinajstić information content (AvgIpc) is 2.32. The SMILES string of the molecule is O=c1[nH][nH]c(=O)c2c1Nc1cc(F)cc(F)c1N2. The van der Waals surface area contributed by atoms with Gasteiger partial charge in [-0.3, -0.25) is 19.8 Å². The fraction of sp³-hybridized carbons (Fsp3) is 0. The number of anilines is 4. The predicted molar refractivity (Wildman–Crippen MR) is 60.6 cm³/mol. The Morgan fingerprint density at radius 2 is 1.44 bits per heavy atom. The van der Waals surface area contributed by atoms with Gasteiger partial charge in [0.25, 0.3) is 11.1 Å². The summed E-state index contributed by atoms with van der Waals surface area (Å²) in [6.45, 7) is 0. The van der Waals surface area contributed by atoms with Gasteiger partial charge in [0.1, 0.15) is 17.2 Å². The normalized spacial score (nSPS) is 12.1. The largest absolute Gasteiger partial charge is 0.347 e. The molecular weight excluding hydrogens is 246 g/mol. The molecule has 0 saturated heterocycles. The molecule has 1 aliphatic heterocycles. The third-order valence-corrected chi connectivity index (χ3v) is 2.56. The minimum absolute atomic E-state index is 0.0519. The van der Waals surface area contributed by atoms with E-state index in [-0.39, 0.29) is 22.7 Å². The lowest BCUT2D eigenvalue weighted by atomic mass is 10.2. The molecule has 4 N–H and O–H groups in total. The van der Waals surface area contributed by atoms with Crippen molar-refractivity contribution in [2.24, 2.45) is 0 Å². The topological polar surface area (TPSA) is 89.8 Å². The van der Waals surface area contributed by atoms with Crippen molar-refractivity contribution in [2.75, 3.05) is 10.6 Å². The van der Waals surface area contributed by atoms with Crippen molar-refractivity contribution >= 4 is 22.7 Å². The highest BCUT2D eigenvalue weighted by Gasteiger charge is 2.23. The van der Waals surface area contributed by atoms with E-state index in [1.54, 1.807) is 0 Å². The third kappa shape index (κ3) is 1.39. The smallest absolute Gasteiger partial charge is 0.288 e. The minimum Gasteiger partial charge on any atom is -0.347 e. The average molecular weight is 252 g/mol. The summed E-state index contributed by atoms with van der Waals surface area (Å²) in [7, 11) is 0. The zero-order valence-electron chi connectivity index (χ0n) is 8.73. The maximum absolute atomic E-state index is 13.5. The van der Waals surface area contributed by atoms with Crippen LogP contribution in [-0.2, 0) is 0 Å². The zero-order valence-corrected chi connectivity index (χ0v) is 8.73.